The molecule has 64 valence electrons. The summed E-state index contributed by atoms with van der Waals surface area (Å²) < 4.78 is 0. The molecule has 2 heteroatoms. The Hall–Kier alpha value is -1.18. The van der Waals surface area contributed by atoms with E-state index in [0.29, 0.717) is 0 Å². The molecule has 0 heterocycles. The van der Waals surface area contributed by atoms with Gasteiger partial charge >= 0.3 is 0 Å². The number of nitrogens with zero attached hydrogens (tertiary/aromatic N) is 2. The molecule has 0 saturated carbocycles. The molecule has 2 nitrogen and oxygen atoms in total. The van der Waals surface area contributed by atoms with Crippen LogP contribution < -0.4 is 0 Å². The highest BCUT2D eigenvalue weighted by molar-refractivity contribution is 5.62. The van der Waals surface area contributed by atoms with Crippen LogP contribution >= 0.6 is 0 Å². The van der Waals surface area contributed by atoms with E-state index in [4.69, 9.17) is 0 Å². The molecule has 0 aromatic rings. The van der Waals surface area contributed by atoms with Crippen LogP contribution in [0.15, 0.2) is 35.4 Å². The van der Waals surface area contributed by atoms with Crippen molar-refractivity contribution in [3.05, 3.63) is 25.4 Å². The van der Waals surface area contributed by atoms with Crippen LogP contribution in [0, 0.1) is 0 Å². The molecule has 0 N–H and O–H groups in total. The third-order valence-electron chi connectivity index (χ3n) is 0.254. The lowest BCUT2D eigenvalue weighted by Gasteiger charge is -1.63. The minimum atomic E-state index is 1.33. The van der Waals surface area contributed by atoms with E-state index in [1.54, 1.807) is 6.08 Å². The molecule has 0 rings (SSSR count). The smallest absolute Gasteiger partial charge is 0.114 e. The Morgan fingerprint density at radius 3 is 1.64 bits per heavy atom. The lowest BCUT2D eigenvalue weighted by atomic mass is 10.8. The summed E-state index contributed by atoms with van der Waals surface area (Å²) in [5, 5.41) is 0. The lowest BCUT2D eigenvalue weighted by Crippen LogP contribution is -1.53. The monoisotopic (exact) mass is 154 g/mol. The van der Waals surface area contributed by atoms with Gasteiger partial charge in [-0.15, -0.1) is 6.58 Å². The Morgan fingerprint density at radius 2 is 1.55 bits per heavy atom. The van der Waals surface area contributed by atoms with E-state index in [9.17, 15) is 0 Å². The zero-order chi connectivity index (χ0) is 9.54. The van der Waals surface area contributed by atoms with Crippen LogP contribution in [-0.4, -0.2) is 13.1 Å². The number of hydrogen-bond donors (Lipinski definition) is 0. The predicted octanol–water partition coefficient (Wildman–Crippen LogP) is 3.08. The second kappa shape index (κ2) is 37.0. The molecular formula is C9H18N2. The summed E-state index contributed by atoms with van der Waals surface area (Å²) in [6.45, 7) is 15.7. The third kappa shape index (κ3) is 124. The SMILES string of the molecule is C=CC.C=CN=CN=C.CC. The highest BCUT2D eigenvalue weighted by Gasteiger charge is 1.46. The largest absolute Gasteiger partial charge is 0.253 e. The number of aliphatic imine (C=N–C) groups is 2. The summed E-state index contributed by atoms with van der Waals surface area (Å²) in [4.78, 5) is 6.81. The first-order chi connectivity index (χ1) is 5.33. The van der Waals surface area contributed by atoms with Gasteiger partial charge in [0, 0.05) is 6.20 Å². The van der Waals surface area contributed by atoms with Gasteiger partial charge in [-0.25, -0.2) is 4.99 Å². The van der Waals surface area contributed by atoms with Gasteiger partial charge in [0.15, 0.2) is 0 Å². The highest BCUT2D eigenvalue weighted by Crippen LogP contribution is 1.60. The molecule has 0 aliphatic heterocycles. The van der Waals surface area contributed by atoms with Gasteiger partial charge in [-0.2, -0.15) is 0 Å². The van der Waals surface area contributed by atoms with E-state index in [-0.39, 0.29) is 0 Å². The van der Waals surface area contributed by atoms with Crippen LogP contribution in [-0.2, 0) is 0 Å². The molecule has 0 fully saturated rings. The van der Waals surface area contributed by atoms with Crippen LogP contribution in [0.2, 0.25) is 0 Å². The van der Waals surface area contributed by atoms with Crippen LogP contribution in [0.5, 0.6) is 0 Å². The fraction of sp³-hybridized carbons (Fsp3) is 0.333. The first-order valence-electron chi connectivity index (χ1n) is 3.48. The average molecular weight is 154 g/mol. The van der Waals surface area contributed by atoms with Crippen LogP contribution in [0.4, 0.5) is 0 Å². The van der Waals surface area contributed by atoms with Gasteiger partial charge in [-0.3, -0.25) is 4.99 Å². The van der Waals surface area contributed by atoms with Gasteiger partial charge in [0.05, 0.1) is 0 Å². The third-order valence-corrected chi connectivity index (χ3v) is 0.254. The van der Waals surface area contributed by atoms with Gasteiger partial charge in [0.1, 0.15) is 6.34 Å². The van der Waals surface area contributed by atoms with Crippen molar-refractivity contribution in [2.24, 2.45) is 9.98 Å². The zero-order valence-electron chi connectivity index (χ0n) is 7.75. The van der Waals surface area contributed by atoms with Crippen LogP contribution in [0.25, 0.3) is 0 Å². The van der Waals surface area contributed by atoms with Gasteiger partial charge in [-0.05, 0) is 13.6 Å². The maximum atomic E-state index is 3.50. The molecular weight excluding hydrogens is 136 g/mol. The number of allylic oxidation sites excluding steroid dienone is 1. The zero-order valence-corrected chi connectivity index (χ0v) is 7.75. The van der Waals surface area contributed by atoms with Gasteiger partial charge in [-0.1, -0.05) is 26.5 Å². The Labute approximate surface area is 70.1 Å². The fourth-order valence-corrected chi connectivity index (χ4v) is 0.0943. The van der Waals surface area contributed by atoms with Gasteiger partial charge < -0.3 is 0 Å². The average Bonchev–Trinajstić information content (AvgIpc) is 2.06. The van der Waals surface area contributed by atoms with E-state index in [0.717, 1.165) is 0 Å². The summed E-state index contributed by atoms with van der Waals surface area (Å²) in [5.74, 6) is 0. The molecule has 0 atom stereocenters. The predicted molar refractivity (Wildman–Crippen MR) is 55.5 cm³/mol. The van der Waals surface area contributed by atoms with Crippen molar-refractivity contribution in [1.82, 2.24) is 0 Å². The molecule has 0 aliphatic carbocycles. The summed E-state index contributed by atoms with van der Waals surface area (Å²) in [6.07, 6.45) is 4.47. The standard InChI is InChI=1S/C4H6N2.C3H6.C2H6/c1-3-6-4-5-2;1-3-2;1-2/h3-4H,1-2H2;3H,1H2,2H3;1-2H3. The quantitative estimate of drug-likeness (QED) is 0.332. The molecule has 11 heavy (non-hydrogen) atoms. The Balaban J connectivity index is -0.000000109. The molecule has 0 aliphatic rings. The van der Waals surface area contributed by atoms with E-state index in [1.807, 2.05) is 20.8 Å². The van der Waals surface area contributed by atoms with E-state index < -0.39 is 0 Å². The Morgan fingerprint density at radius 1 is 1.18 bits per heavy atom. The summed E-state index contributed by atoms with van der Waals surface area (Å²) >= 11 is 0. The molecule has 0 saturated heterocycles. The van der Waals surface area contributed by atoms with Crippen molar-refractivity contribution in [3.63, 3.8) is 0 Å². The van der Waals surface area contributed by atoms with E-state index in [2.05, 4.69) is 29.9 Å². The van der Waals surface area contributed by atoms with Crippen molar-refractivity contribution in [2.75, 3.05) is 0 Å². The number of rotatable bonds is 2. The normalized spacial score (nSPS) is 6.45. The molecule has 0 aromatic carbocycles. The van der Waals surface area contributed by atoms with Crippen molar-refractivity contribution in [3.8, 4) is 0 Å². The van der Waals surface area contributed by atoms with Crippen LogP contribution in [0.1, 0.15) is 20.8 Å². The fourth-order valence-electron chi connectivity index (χ4n) is 0.0943. The minimum absolute atomic E-state index is 1.33. The Bertz CT molecular complexity index is 94.1. The maximum Gasteiger partial charge on any atom is 0.114 e. The summed E-state index contributed by atoms with van der Waals surface area (Å²) in [5.41, 5.74) is 0. The molecule has 0 spiro atoms. The van der Waals surface area contributed by atoms with Crippen molar-refractivity contribution >= 4 is 13.1 Å². The van der Waals surface area contributed by atoms with Crippen LogP contribution in [0.3, 0.4) is 0 Å². The Kier molecular flexibility index (Phi) is 55.2. The first-order valence-corrected chi connectivity index (χ1v) is 3.48. The van der Waals surface area contributed by atoms with Crippen molar-refractivity contribution in [1.29, 1.82) is 0 Å². The van der Waals surface area contributed by atoms with E-state index >= 15 is 0 Å². The van der Waals surface area contributed by atoms with Crippen molar-refractivity contribution < 1.29 is 0 Å². The van der Waals surface area contributed by atoms with Gasteiger partial charge in [0.25, 0.3) is 0 Å². The van der Waals surface area contributed by atoms with Crippen molar-refractivity contribution in [2.45, 2.75) is 20.8 Å². The highest BCUT2D eigenvalue weighted by atomic mass is 14.8. The first kappa shape index (κ1) is 16.4. The summed E-state index contributed by atoms with van der Waals surface area (Å²) in [6, 6.07) is 0. The molecule has 0 bridgehead atoms. The number of hydrogen-bond acceptors (Lipinski definition) is 1. The lowest BCUT2D eigenvalue weighted by molar-refractivity contribution is 1.50. The minimum Gasteiger partial charge on any atom is -0.253 e. The topological polar surface area (TPSA) is 24.7 Å². The second-order valence-corrected chi connectivity index (χ2v) is 1.04. The maximum absolute atomic E-state index is 3.50. The molecule has 0 amide bonds. The second-order valence-electron chi connectivity index (χ2n) is 1.04. The molecule has 0 aromatic heterocycles. The van der Waals surface area contributed by atoms with E-state index in [1.165, 1.54) is 12.5 Å². The molecule has 0 unspecified atom stereocenters. The molecule has 0 radical (unpaired) electrons. The summed E-state index contributed by atoms with van der Waals surface area (Å²) in [7, 11) is 0. The van der Waals surface area contributed by atoms with Gasteiger partial charge in [0.2, 0.25) is 0 Å².